The average Bonchev–Trinajstić information content (AvgIpc) is 2.94. The Bertz CT molecular complexity index is 626. The fourth-order valence-corrected chi connectivity index (χ4v) is 2.22. The number of hydrogen-bond acceptors (Lipinski definition) is 3. The van der Waals surface area contributed by atoms with Gasteiger partial charge in [-0.3, -0.25) is 4.79 Å². The van der Waals surface area contributed by atoms with Gasteiger partial charge in [-0.1, -0.05) is 31.2 Å². The first-order valence-corrected chi connectivity index (χ1v) is 7.54. The molecule has 0 aliphatic heterocycles. The smallest absolute Gasteiger partial charge is 0.224 e. The van der Waals surface area contributed by atoms with E-state index in [1.165, 1.54) is 5.56 Å². The third kappa shape index (κ3) is 4.21. The molecule has 1 aromatic carbocycles. The highest BCUT2D eigenvalue weighted by Gasteiger charge is 2.27. The molecule has 1 heterocycles. The van der Waals surface area contributed by atoms with Crippen molar-refractivity contribution in [1.29, 1.82) is 0 Å². The highest BCUT2D eigenvalue weighted by Crippen LogP contribution is 2.21. The second kappa shape index (κ2) is 6.79. The van der Waals surface area contributed by atoms with Crippen LogP contribution in [0.4, 0.5) is 0 Å². The molecule has 0 radical (unpaired) electrons. The molecule has 1 atom stereocenters. The van der Waals surface area contributed by atoms with E-state index >= 15 is 0 Å². The summed E-state index contributed by atoms with van der Waals surface area (Å²) < 4.78 is 5.42. The van der Waals surface area contributed by atoms with Gasteiger partial charge >= 0.3 is 0 Å². The lowest BCUT2D eigenvalue weighted by molar-refractivity contribution is -0.121. The van der Waals surface area contributed by atoms with Gasteiger partial charge in [0.05, 0.1) is 13.0 Å². The van der Waals surface area contributed by atoms with Crippen molar-refractivity contribution in [2.24, 2.45) is 0 Å². The highest BCUT2D eigenvalue weighted by molar-refractivity contribution is 5.78. The van der Waals surface area contributed by atoms with Crippen LogP contribution in [-0.4, -0.2) is 17.6 Å². The summed E-state index contributed by atoms with van der Waals surface area (Å²) >= 11 is 0. The molecule has 4 heteroatoms. The number of rotatable bonds is 6. The fourth-order valence-electron chi connectivity index (χ4n) is 2.22. The second-order valence-corrected chi connectivity index (χ2v) is 5.81. The first-order valence-electron chi connectivity index (χ1n) is 7.54. The van der Waals surface area contributed by atoms with Gasteiger partial charge in [-0.15, -0.1) is 0 Å². The van der Waals surface area contributed by atoms with Crippen molar-refractivity contribution in [3.05, 3.63) is 59.0 Å². The van der Waals surface area contributed by atoms with Gasteiger partial charge in [-0.2, -0.15) is 0 Å². The summed E-state index contributed by atoms with van der Waals surface area (Å²) in [5.74, 6) is 1.07. The Balaban J connectivity index is 1.89. The molecule has 4 nitrogen and oxygen atoms in total. The van der Waals surface area contributed by atoms with Crippen molar-refractivity contribution in [3.63, 3.8) is 0 Å². The summed E-state index contributed by atoms with van der Waals surface area (Å²) in [7, 11) is 0. The zero-order chi connectivity index (χ0) is 16.2. The Morgan fingerprint density at radius 2 is 1.82 bits per heavy atom. The number of furan rings is 1. The summed E-state index contributed by atoms with van der Waals surface area (Å²) in [4.78, 5) is 12.0. The molecule has 118 valence electrons. The molecule has 1 amide bonds. The maximum absolute atomic E-state index is 12.0. The maximum atomic E-state index is 12.0. The lowest BCUT2D eigenvalue weighted by Gasteiger charge is -2.21. The van der Waals surface area contributed by atoms with Crippen LogP contribution in [0.2, 0.25) is 0 Å². The van der Waals surface area contributed by atoms with Crippen molar-refractivity contribution in [2.75, 3.05) is 6.54 Å². The first kappa shape index (κ1) is 16.3. The number of carbonyl (C=O) groups is 1. The summed E-state index contributed by atoms with van der Waals surface area (Å²) in [6, 6.07) is 11.5. The van der Waals surface area contributed by atoms with Gasteiger partial charge in [0.15, 0.2) is 0 Å². The predicted octanol–water partition coefficient (Wildman–Crippen LogP) is 2.72. The molecule has 1 unspecified atom stereocenters. The average molecular weight is 301 g/mol. The Kier molecular flexibility index (Phi) is 5.03. The van der Waals surface area contributed by atoms with E-state index in [0.29, 0.717) is 12.2 Å². The molecule has 0 aliphatic rings. The number of carbonyl (C=O) groups excluding carboxylic acids is 1. The van der Waals surface area contributed by atoms with E-state index in [9.17, 15) is 9.90 Å². The van der Waals surface area contributed by atoms with Crippen molar-refractivity contribution >= 4 is 5.91 Å². The number of nitrogens with one attached hydrogen (secondary N) is 1. The van der Waals surface area contributed by atoms with E-state index in [4.69, 9.17) is 4.42 Å². The molecule has 0 saturated carbocycles. The normalized spacial score (nSPS) is 13.6. The van der Waals surface area contributed by atoms with Crippen LogP contribution in [0.5, 0.6) is 0 Å². The van der Waals surface area contributed by atoms with Gasteiger partial charge in [0.1, 0.15) is 17.1 Å². The lowest BCUT2D eigenvalue weighted by Crippen LogP contribution is -2.39. The number of aryl methyl sites for hydroxylation is 2. The van der Waals surface area contributed by atoms with E-state index < -0.39 is 5.60 Å². The van der Waals surface area contributed by atoms with E-state index in [-0.39, 0.29) is 12.5 Å². The van der Waals surface area contributed by atoms with Gasteiger partial charge in [0.2, 0.25) is 5.91 Å². The van der Waals surface area contributed by atoms with E-state index in [1.54, 1.807) is 19.1 Å². The van der Waals surface area contributed by atoms with Gasteiger partial charge in [0, 0.05) is 0 Å². The van der Waals surface area contributed by atoms with Crippen LogP contribution in [0.25, 0.3) is 0 Å². The molecule has 2 N–H and O–H groups in total. The molecular formula is C18H23NO3. The van der Waals surface area contributed by atoms with Crippen LogP contribution in [0.1, 0.15) is 36.5 Å². The van der Waals surface area contributed by atoms with E-state index in [1.807, 2.05) is 31.2 Å². The maximum Gasteiger partial charge on any atom is 0.224 e. The fraction of sp³-hybridized carbons (Fsp3) is 0.389. The molecule has 0 bridgehead atoms. The Morgan fingerprint density at radius 3 is 2.36 bits per heavy atom. The van der Waals surface area contributed by atoms with E-state index in [2.05, 4.69) is 12.2 Å². The third-order valence-corrected chi connectivity index (χ3v) is 3.70. The molecule has 0 aliphatic carbocycles. The van der Waals surface area contributed by atoms with Crippen molar-refractivity contribution in [1.82, 2.24) is 5.32 Å². The van der Waals surface area contributed by atoms with Gasteiger partial charge in [-0.25, -0.2) is 0 Å². The molecule has 2 rings (SSSR count). The number of amides is 1. The number of hydrogen-bond donors (Lipinski definition) is 2. The van der Waals surface area contributed by atoms with Gasteiger partial charge in [-0.05, 0) is 43.5 Å². The predicted molar refractivity (Wildman–Crippen MR) is 85.5 cm³/mol. The largest absolute Gasteiger partial charge is 0.463 e. The standard InChI is InChI=1S/C18H23NO3/c1-4-14-6-8-15(9-7-14)11-17(20)19-12-18(3,21)16-10-5-13(2)22-16/h5-10,21H,4,11-12H2,1-3H3,(H,19,20). The Morgan fingerprint density at radius 1 is 1.18 bits per heavy atom. The molecule has 2 aromatic rings. The summed E-state index contributed by atoms with van der Waals surface area (Å²) in [6.45, 7) is 5.66. The minimum Gasteiger partial charge on any atom is -0.463 e. The quantitative estimate of drug-likeness (QED) is 0.862. The zero-order valence-corrected chi connectivity index (χ0v) is 13.3. The highest BCUT2D eigenvalue weighted by atomic mass is 16.4. The SMILES string of the molecule is CCc1ccc(CC(=O)NCC(C)(O)c2ccc(C)o2)cc1. The molecule has 0 spiro atoms. The van der Waals surface area contributed by atoms with Crippen LogP contribution in [-0.2, 0) is 23.2 Å². The zero-order valence-electron chi connectivity index (χ0n) is 13.3. The minimum absolute atomic E-state index is 0.117. The van der Waals surface area contributed by atoms with Gasteiger partial charge < -0.3 is 14.8 Å². The van der Waals surface area contributed by atoms with E-state index in [0.717, 1.165) is 17.7 Å². The molecular weight excluding hydrogens is 278 g/mol. The molecule has 0 fully saturated rings. The van der Waals surface area contributed by atoms with Crippen molar-refractivity contribution in [3.8, 4) is 0 Å². The van der Waals surface area contributed by atoms with Crippen molar-refractivity contribution < 1.29 is 14.3 Å². The molecule has 22 heavy (non-hydrogen) atoms. The first-order chi connectivity index (χ1) is 10.4. The molecule has 1 aromatic heterocycles. The van der Waals surface area contributed by atoms with Crippen LogP contribution in [0, 0.1) is 6.92 Å². The minimum atomic E-state index is -1.21. The monoisotopic (exact) mass is 301 g/mol. The Labute approximate surface area is 131 Å². The van der Waals surface area contributed by atoms with Crippen LogP contribution >= 0.6 is 0 Å². The van der Waals surface area contributed by atoms with Crippen LogP contribution in [0.3, 0.4) is 0 Å². The summed E-state index contributed by atoms with van der Waals surface area (Å²) in [5.41, 5.74) is 0.999. The van der Waals surface area contributed by atoms with Crippen LogP contribution < -0.4 is 5.32 Å². The van der Waals surface area contributed by atoms with Crippen LogP contribution in [0.15, 0.2) is 40.8 Å². The Hall–Kier alpha value is -2.07. The number of benzene rings is 1. The topological polar surface area (TPSA) is 62.5 Å². The second-order valence-electron chi connectivity index (χ2n) is 5.81. The van der Waals surface area contributed by atoms with Gasteiger partial charge in [0.25, 0.3) is 0 Å². The number of aliphatic hydroxyl groups is 1. The third-order valence-electron chi connectivity index (χ3n) is 3.70. The summed E-state index contributed by atoms with van der Waals surface area (Å²) in [5, 5.41) is 13.1. The molecule has 0 saturated heterocycles. The summed E-state index contributed by atoms with van der Waals surface area (Å²) in [6.07, 6.45) is 1.29. The van der Waals surface area contributed by atoms with Crippen molar-refractivity contribution in [2.45, 2.75) is 39.2 Å². The lowest BCUT2D eigenvalue weighted by atomic mass is 10.0.